The second kappa shape index (κ2) is 5.76. The highest BCUT2D eigenvalue weighted by atomic mass is 32.1. The highest BCUT2D eigenvalue weighted by molar-refractivity contribution is 8.11. The molecule has 2 amide bonds. The first-order valence-corrected chi connectivity index (χ1v) is 6.08. The quantitative estimate of drug-likeness (QED) is 0.581. The van der Waals surface area contributed by atoms with E-state index < -0.39 is 0 Å². The van der Waals surface area contributed by atoms with Crippen LogP contribution in [0.3, 0.4) is 0 Å². The molecule has 0 unspecified atom stereocenters. The summed E-state index contributed by atoms with van der Waals surface area (Å²) < 4.78 is 1.74. The Kier molecular flexibility index (Phi) is 4.07. The highest BCUT2D eigenvalue weighted by Crippen LogP contribution is 2.15. The van der Waals surface area contributed by atoms with Crippen LogP contribution in [-0.2, 0) is 0 Å². The van der Waals surface area contributed by atoms with Gasteiger partial charge in [0.1, 0.15) is 4.20 Å². The molecular weight excluding hydrogens is 284 g/mol. The first kappa shape index (κ1) is 13.4. The van der Waals surface area contributed by atoms with Crippen LogP contribution in [0.1, 0.15) is 5.82 Å². The molecule has 0 saturated carbocycles. The average molecular weight is 294 g/mol. The molecule has 2 N–H and O–H groups in total. The second-order valence-corrected chi connectivity index (χ2v) is 4.63. The molecule has 1 aromatic carbocycles. The first-order valence-electron chi connectivity index (χ1n) is 5.22. The minimum Gasteiger partial charge on any atom is -0.341 e. The summed E-state index contributed by atoms with van der Waals surface area (Å²) in [7, 11) is 1.54. The maximum absolute atomic E-state index is 11.3. The summed E-state index contributed by atoms with van der Waals surface area (Å²) in [6, 6.07) is 6.73. The number of benzene rings is 1. The third kappa shape index (κ3) is 3.06. The molecule has 19 heavy (non-hydrogen) atoms. The normalized spacial score (nSPS) is 10.0. The van der Waals surface area contributed by atoms with Crippen molar-refractivity contribution in [3.63, 3.8) is 0 Å². The fourth-order valence-corrected chi connectivity index (χ4v) is 1.67. The fraction of sp³-hybridized carbons (Fsp3) is 0.100. The van der Waals surface area contributed by atoms with E-state index in [1.165, 1.54) is 11.7 Å². The molecule has 2 aromatic rings. The van der Waals surface area contributed by atoms with E-state index in [0.29, 0.717) is 17.2 Å². The molecule has 0 aliphatic rings. The van der Waals surface area contributed by atoms with Crippen molar-refractivity contribution < 1.29 is 4.79 Å². The number of nitrogens with zero attached hydrogens (tertiary/aromatic N) is 4. The van der Waals surface area contributed by atoms with Gasteiger partial charge < -0.3 is 10.6 Å². The lowest BCUT2D eigenvalue weighted by atomic mass is 10.3. The van der Waals surface area contributed by atoms with Crippen molar-refractivity contribution in [1.82, 2.24) is 25.5 Å². The number of hydrogen-bond donors (Lipinski definition) is 3. The van der Waals surface area contributed by atoms with Crippen molar-refractivity contribution in [1.29, 1.82) is 0 Å². The summed E-state index contributed by atoms with van der Waals surface area (Å²) in [5, 5.41) is 16.3. The van der Waals surface area contributed by atoms with Gasteiger partial charge >= 0.3 is 6.03 Å². The molecule has 7 nitrogen and oxygen atoms in total. The van der Waals surface area contributed by atoms with E-state index in [1.807, 2.05) is 0 Å². The van der Waals surface area contributed by atoms with Crippen molar-refractivity contribution in [2.24, 2.45) is 0 Å². The lowest BCUT2D eigenvalue weighted by Crippen LogP contribution is -2.24. The third-order valence-electron chi connectivity index (χ3n) is 2.24. The summed E-state index contributed by atoms with van der Waals surface area (Å²) in [6.45, 7) is 0. The van der Waals surface area contributed by atoms with Crippen LogP contribution in [-0.4, -0.2) is 37.5 Å². The lowest BCUT2D eigenvalue weighted by Gasteiger charge is -2.07. The molecule has 0 aliphatic heterocycles. The van der Waals surface area contributed by atoms with Crippen LogP contribution in [0.25, 0.3) is 5.69 Å². The molecule has 0 radical (unpaired) electrons. The number of rotatable bonds is 3. The number of amides is 2. The number of nitrogens with one attached hydrogen (secondary N) is 2. The van der Waals surface area contributed by atoms with E-state index in [1.54, 1.807) is 24.3 Å². The molecule has 0 atom stereocenters. The Morgan fingerprint density at radius 1 is 1.47 bits per heavy atom. The van der Waals surface area contributed by atoms with E-state index in [-0.39, 0.29) is 10.2 Å². The van der Waals surface area contributed by atoms with Crippen LogP contribution in [0, 0.1) is 0 Å². The van der Waals surface area contributed by atoms with Gasteiger partial charge in [-0.15, -0.1) is 17.7 Å². The average Bonchev–Trinajstić information content (AvgIpc) is 2.88. The number of urea groups is 1. The van der Waals surface area contributed by atoms with E-state index in [9.17, 15) is 4.79 Å². The zero-order valence-corrected chi connectivity index (χ0v) is 11.6. The number of anilines is 1. The van der Waals surface area contributed by atoms with E-state index in [2.05, 4.69) is 38.8 Å². The molecule has 0 spiro atoms. The molecule has 1 heterocycles. The standard InChI is InChI=1S/C10H10N6OS2/c1-11-10(17)12-6-3-2-4-7(5-6)16-8(9(18)19)13-14-15-16/h2-5H,1H3,(H,18,19)(H2,11,12,17). The Bertz CT molecular complexity index is 626. The van der Waals surface area contributed by atoms with Gasteiger partial charge in [-0.05, 0) is 28.6 Å². The minimum atomic E-state index is -0.307. The van der Waals surface area contributed by atoms with Gasteiger partial charge in [-0.25, -0.2) is 4.79 Å². The number of thiol groups is 1. The summed E-state index contributed by atoms with van der Waals surface area (Å²) in [5.41, 5.74) is 1.29. The number of aromatic nitrogens is 4. The number of hydrogen-bond acceptors (Lipinski definition) is 5. The van der Waals surface area contributed by atoms with Crippen molar-refractivity contribution in [2.45, 2.75) is 0 Å². The Labute approximate surface area is 119 Å². The molecule has 0 bridgehead atoms. The zero-order valence-electron chi connectivity index (χ0n) is 9.86. The van der Waals surface area contributed by atoms with E-state index in [0.717, 1.165) is 0 Å². The predicted octanol–water partition coefficient (Wildman–Crippen LogP) is 1.02. The van der Waals surface area contributed by atoms with Gasteiger partial charge in [0.05, 0.1) is 5.69 Å². The van der Waals surface area contributed by atoms with Crippen molar-refractivity contribution in [3.05, 3.63) is 30.1 Å². The summed E-state index contributed by atoms with van der Waals surface area (Å²) in [6.07, 6.45) is 0. The third-order valence-corrected chi connectivity index (χ3v) is 2.62. The topological polar surface area (TPSA) is 84.7 Å². The Morgan fingerprint density at radius 3 is 2.95 bits per heavy atom. The van der Waals surface area contributed by atoms with Crippen LogP contribution in [0.5, 0.6) is 0 Å². The maximum Gasteiger partial charge on any atom is 0.318 e. The number of carbonyl (C=O) groups excluding carboxylic acids is 1. The van der Waals surface area contributed by atoms with Crippen LogP contribution in [0.15, 0.2) is 24.3 Å². The van der Waals surface area contributed by atoms with Crippen molar-refractivity contribution >= 4 is 40.8 Å². The lowest BCUT2D eigenvalue weighted by molar-refractivity contribution is 0.254. The minimum absolute atomic E-state index is 0.287. The smallest absolute Gasteiger partial charge is 0.318 e. The monoisotopic (exact) mass is 294 g/mol. The molecule has 0 fully saturated rings. The Balaban J connectivity index is 2.35. The highest BCUT2D eigenvalue weighted by Gasteiger charge is 2.11. The molecule has 1 aromatic heterocycles. The van der Waals surface area contributed by atoms with Gasteiger partial charge in [-0.2, -0.15) is 4.68 Å². The molecule has 9 heteroatoms. The summed E-state index contributed by atoms with van der Waals surface area (Å²) in [5.74, 6) is 0.371. The van der Waals surface area contributed by atoms with Gasteiger partial charge in [0.25, 0.3) is 0 Å². The SMILES string of the molecule is CNC(=O)Nc1cccc(-n2nnnc2C(=S)S)c1. The van der Waals surface area contributed by atoms with E-state index >= 15 is 0 Å². The van der Waals surface area contributed by atoms with Crippen LogP contribution < -0.4 is 10.6 Å². The molecule has 0 aliphatic carbocycles. The van der Waals surface area contributed by atoms with Crippen molar-refractivity contribution in [2.75, 3.05) is 12.4 Å². The number of thiocarbonyl (C=S) groups is 1. The maximum atomic E-state index is 11.3. The second-order valence-electron chi connectivity index (χ2n) is 3.47. The number of carbonyl (C=O) groups is 1. The van der Waals surface area contributed by atoms with Crippen LogP contribution >= 0.6 is 24.8 Å². The van der Waals surface area contributed by atoms with Crippen LogP contribution in [0.4, 0.5) is 10.5 Å². The molecule has 98 valence electrons. The molecular formula is C10H10N6OS2. The predicted molar refractivity (Wildman–Crippen MR) is 77.9 cm³/mol. The summed E-state index contributed by atoms with van der Waals surface area (Å²) in [4.78, 5) is 11.3. The fourth-order valence-electron chi connectivity index (χ4n) is 1.40. The van der Waals surface area contributed by atoms with Gasteiger partial charge in [0.15, 0.2) is 0 Å². The van der Waals surface area contributed by atoms with E-state index in [4.69, 9.17) is 12.2 Å². The van der Waals surface area contributed by atoms with Gasteiger partial charge in [-0.1, -0.05) is 18.3 Å². The van der Waals surface area contributed by atoms with Gasteiger partial charge in [-0.3, -0.25) is 0 Å². The van der Waals surface area contributed by atoms with Crippen molar-refractivity contribution in [3.8, 4) is 5.69 Å². The zero-order chi connectivity index (χ0) is 13.8. The van der Waals surface area contributed by atoms with Gasteiger partial charge in [0.2, 0.25) is 5.82 Å². The largest absolute Gasteiger partial charge is 0.341 e. The molecule has 0 saturated heterocycles. The van der Waals surface area contributed by atoms with Crippen LogP contribution in [0.2, 0.25) is 0 Å². The Hall–Kier alpha value is -2.00. The molecule has 2 rings (SSSR count). The Morgan fingerprint density at radius 2 is 2.26 bits per heavy atom. The first-order chi connectivity index (χ1) is 9.11. The number of tetrazole rings is 1. The summed E-state index contributed by atoms with van der Waals surface area (Å²) >= 11 is 9.00. The van der Waals surface area contributed by atoms with Gasteiger partial charge in [0, 0.05) is 12.7 Å².